The molecule has 1 aromatic heterocycles. The molecule has 0 saturated heterocycles. The molecule has 0 spiro atoms. The first kappa shape index (κ1) is 13.9. The first-order valence-electron chi connectivity index (χ1n) is 5.56. The maximum atomic E-state index is 5.70. The summed E-state index contributed by atoms with van der Waals surface area (Å²) in [5, 5.41) is 2.87. The van der Waals surface area contributed by atoms with Crippen LogP contribution in [0.1, 0.15) is 19.8 Å². The zero-order valence-electron chi connectivity index (χ0n) is 10.1. The molecule has 0 saturated carbocycles. The van der Waals surface area contributed by atoms with E-state index >= 15 is 0 Å². The Kier molecular flexibility index (Phi) is 6.57. The molecule has 0 aliphatic rings. The smallest absolute Gasteiger partial charge is 0.322 e. The second-order valence-corrected chi connectivity index (χ2v) is 3.61. The fourth-order valence-corrected chi connectivity index (χ4v) is 1.20. The Labute approximate surface area is 106 Å². The standard InChI is InChI=1S/C10H17ClN4O2/c1-3-4-5-16-6-7-17-10-14-8(11)13-9(12-2)15-10/h3-7H2,1-2H3,(H,12,13,14,15). The van der Waals surface area contributed by atoms with Crippen LogP contribution in [0.3, 0.4) is 0 Å². The summed E-state index contributed by atoms with van der Waals surface area (Å²) in [6.45, 7) is 3.77. The van der Waals surface area contributed by atoms with E-state index in [1.807, 2.05) is 0 Å². The van der Waals surface area contributed by atoms with Gasteiger partial charge in [0.2, 0.25) is 11.2 Å². The van der Waals surface area contributed by atoms with E-state index in [9.17, 15) is 0 Å². The summed E-state index contributed by atoms with van der Waals surface area (Å²) in [5.74, 6) is 0.381. The normalized spacial score (nSPS) is 10.3. The second-order valence-electron chi connectivity index (χ2n) is 3.28. The van der Waals surface area contributed by atoms with E-state index in [4.69, 9.17) is 21.1 Å². The van der Waals surface area contributed by atoms with Crippen molar-refractivity contribution in [2.45, 2.75) is 19.8 Å². The van der Waals surface area contributed by atoms with Crippen molar-refractivity contribution in [1.29, 1.82) is 0 Å². The summed E-state index contributed by atoms with van der Waals surface area (Å²) in [7, 11) is 1.70. The van der Waals surface area contributed by atoms with E-state index in [0.29, 0.717) is 19.2 Å². The Morgan fingerprint density at radius 3 is 2.71 bits per heavy atom. The minimum atomic E-state index is 0.103. The van der Waals surface area contributed by atoms with Crippen molar-refractivity contribution in [3.63, 3.8) is 0 Å². The number of hydrogen-bond acceptors (Lipinski definition) is 6. The number of rotatable bonds is 8. The first-order valence-corrected chi connectivity index (χ1v) is 5.94. The third kappa shape index (κ3) is 5.65. The zero-order chi connectivity index (χ0) is 12.5. The summed E-state index contributed by atoms with van der Waals surface area (Å²) >= 11 is 5.70. The van der Waals surface area contributed by atoms with Gasteiger partial charge >= 0.3 is 6.01 Å². The molecule has 0 bridgehead atoms. The van der Waals surface area contributed by atoms with Gasteiger partial charge in [-0.1, -0.05) is 13.3 Å². The van der Waals surface area contributed by atoms with E-state index in [-0.39, 0.29) is 11.3 Å². The lowest BCUT2D eigenvalue weighted by Gasteiger charge is -2.06. The zero-order valence-corrected chi connectivity index (χ0v) is 10.8. The molecule has 17 heavy (non-hydrogen) atoms. The number of anilines is 1. The minimum Gasteiger partial charge on any atom is -0.461 e. The van der Waals surface area contributed by atoms with E-state index in [2.05, 4.69) is 27.2 Å². The molecule has 6 nitrogen and oxygen atoms in total. The number of nitrogens with one attached hydrogen (secondary N) is 1. The summed E-state index contributed by atoms with van der Waals surface area (Å²) in [6.07, 6.45) is 2.18. The maximum Gasteiger partial charge on any atom is 0.322 e. The predicted molar refractivity (Wildman–Crippen MR) is 65.6 cm³/mol. The molecule has 0 unspecified atom stereocenters. The molecule has 1 rings (SSSR count). The van der Waals surface area contributed by atoms with E-state index in [1.165, 1.54) is 0 Å². The molecule has 1 aromatic rings. The van der Waals surface area contributed by atoms with Gasteiger partial charge in [-0.2, -0.15) is 15.0 Å². The molecular weight excluding hydrogens is 244 g/mol. The number of ether oxygens (including phenoxy) is 2. The van der Waals surface area contributed by atoms with Crippen molar-refractivity contribution in [1.82, 2.24) is 15.0 Å². The fourth-order valence-electron chi connectivity index (χ4n) is 1.05. The van der Waals surface area contributed by atoms with Crippen molar-refractivity contribution in [2.24, 2.45) is 0 Å². The number of hydrogen-bond donors (Lipinski definition) is 1. The fraction of sp³-hybridized carbons (Fsp3) is 0.700. The molecule has 0 aliphatic heterocycles. The molecule has 96 valence electrons. The van der Waals surface area contributed by atoms with Gasteiger partial charge < -0.3 is 14.8 Å². The van der Waals surface area contributed by atoms with Crippen LogP contribution in [0.25, 0.3) is 0 Å². The lowest BCUT2D eigenvalue weighted by atomic mass is 10.4. The van der Waals surface area contributed by atoms with Crippen molar-refractivity contribution in [3.8, 4) is 6.01 Å². The highest BCUT2D eigenvalue weighted by Gasteiger charge is 2.04. The van der Waals surface area contributed by atoms with Gasteiger partial charge in [0.25, 0.3) is 0 Å². The molecule has 0 radical (unpaired) electrons. The van der Waals surface area contributed by atoms with Gasteiger partial charge in [-0.05, 0) is 18.0 Å². The summed E-state index contributed by atoms with van der Waals surface area (Å²) in [6, 6.07) is 0.202. The van der Waals surface area contributed by atoms with Crippen LogP contribution in [0.2, 0.25) is 5.28 Å². The first-order chi connectivity index (χ1) is 8.26. The molecule has 0 amide bonds. The highest BCUT2D eigenvalue weighted by molar-refractivity contribution is 6.28. The number of aromatic nitrogens is 3. The van der Waals surface area contributed by atoms with Gasteiger partial charge in [0.1, 0.15) is 6.61 Å². The number of unbranched alkanes of at least 4 members (excludes halogenated alkanes) is 1. The van der Waals surface area contributed by atoms with Gasteiger partial charge in [-0.3, -0.25) is 0 Å². The molecule has 7 heteroatoms. The van der Waals surface area contributed by atoms with Crippen LogP contribution < -0.4 is 10.1 Å². The van der Waals surface area contributed by atoms with Crippen molar-refractivity contribution in [3.05, 3.63) is 5.28 Å². The Morgan fingerprint density at radius 1 is 1.18 bits per heavy atom. The average Bonchev–Trinajstić information content (AvgIpc) is 2.33. The van der Waals surface area contributed by atoms with Gasteiger partial charge in [-0.15, -0.1) is 0 Å². The van der Waals surface area contributed by atoms with Crippen molar-refractivity contribution in [2.75, 3.05) is 32.2 Å². The van der Waals surface area contributed by atoms with Crippen LogP contribution in [0.5, 0.6) is 6.01 Å². The predicted octanol–water partition coefficient (Wildman–Crippen LogP) is 1.76. The third-order valence-corrected chi connectivity index (χ3v) is 2.08. The van der Waals surface area contributed by atoms with Gasteiger partial charge in [0.05, 0.1) is 6.61 Å². The molecule has 0 aromatic carbocycles. The molecule has 0 aliphatic carbocycles. The van der Waals surface area contributed by atoms with Gasteiger partial charge in [0, 0.05) is 13.7 Å². The van der Waals surface area contributed by atoms with Gasteiger partial charge in [-0.25, -0.2) is 0 Å². The number of nitrogens with zero attached hydrogens (tertiary/aromatic N) is 3. The molecule has 1 N–H and O–H groups in total. The molecule has 0 atom stereocenters. The quantitative estimate of drug-likeness (QED) is 0.719. The maximum absolute atomic E-state index is 5.70. The second kappa shape index (κ2) is 8.03. The largest absolute Gasteiger partial charge is 0.461 e. The summed E-state index contributed by atoms with van der Waals surface area (Å²) < 4.78 is 10.6. The summed E-state index contributed by atoms with van der Waals surface area (Å²) in [4.78, 5) is 11.7. The average molecular weight is 261 g/mol. The Bertz CT molecular complexity index is 338. The highest BCUT2D eigenvalue weighted by atomic mass is 35.5. The van der Waals surface area contributed by atoms with Crippen LogP contribution in [0.15, 0.2) is 0 Å². The van der Waals surface area contributed by atoms with Crippen LogP contribution >= 0.6 is 11.6 Å². The van der Waals surface area contributed by atoms with Gasteiger partial charge in [0.15, 0.2) is 0 Å². The van der Waals surface area contributed by atoms with E-state index < -0.39 is 0 Å². The van der Waals surface area contributed by atoms with Crippen LogP contribution in [-0.4, -0.2) is 41.8 Å². The van der Waals surface area contributed by atoms with Crippen LogP contribution in [-0.2, 0) is 4.74 Å². The molecule has 0 fully saturated rings. The van der Waals surface area contributed by atoms with Crippen LogP contribution in [0.4, 0.5) is 5.95 Å². The topological polar surface area (TPSA) is 69.2 Å². The highest BCUT2D eigenvalue weighted by Crippen LogP contribution is 2.10. The number of halogens is 1. The van der Waals surface area contributed by atoms with Crippen molar-refractivity contribution >= 4 is 17.5 Å². The van der Waals surface area contributed by atoms with E-state index in [1.54, 1.807) is 7.05 Å². The Morgan fingerprint density at radius 2 is 2.00 bits per heavy atom. The molecule has 1 heterocycles. The van der Waals surface area contributed by atoms with E-state index in [0.717, 1.165) is 19.4 Å². The SMILES string of the molecule is CCCCOCCOc1nc(Cl)nc(NC)n1. The Hall–Kier alpha value is -1.14. The van der Waals surface area contributed by atoms with Crippen LogP contribution in [0, 0.1) is 0 Å². The van der Waals surface area contributed by atoms with Crippen molar-refractivity contribution < 1.29 is 9.47 Å². The summed E-state index contributed by atoms with van der Waals surface area (Å²) in [5.41, 5.74) is 0. The Balaban J connectivity index is 2.28. The minimum absolute atomic E-state index is 0.103. The lowest BCUT2D eigenvalue weighted by molar-refractivity contribution is 0.0947. The lowest BCUT2D eigenvalue weighted by Crippen LogP contribution is -2.10. The monoisotopic (exact) mass is 260 g/mol. The molecular formula is C10H17ClN4O2. The third-order valence-electron chi connectivity index (χ3n) is 1.91.